The number of hydrogen-bond donors (Lipinski definition) is 1. The van der Waals surface area contributed by atoms with Crippen molar-refractivity contribution in [3.8, 4) is 0 Å². The summed E-state index contributed by atoms with van der Waals surface area (Å²) >= 11 is 0. The Labute approximate surface area is 120 Å². The number of nitrogens with one attached hydrogen (secondary N) is 1. The van der Waals surface area contributed by atoms with Gasteiger partial charge in [-0.15, -0.1) is 0 Å². The molecule has 0 saturated carbocycles. The maximum absolute atomic E-state index is 12.6. The first kappa shape index (κ1) is 13.6. The van der Waals surface area contributed by atoms with Crippen LogP contribution in [0, 0.1) is 0 Å². The number of benzene rings is 1. The lowest BCUT2D eigenvalue weighted by atomic mass is 9.95. The molecular formula is C16H23N3O. The average molecular weight is 273 g/mol. The van der Waals surface area contributed by atoms with Crippen LogP contribution in [0.25, 0.3) is 0 Å². The van der Waals surface area contributed by atoms with Crippen LogP contribution in [0.15, 0.2) is 24.3 Å². The van der Waals surface area contributed by atoms with Crippen molar-refractivity contribution in [1.29, 1.82) is 0 Å². The number of piperazine rings is 1. The molecule has 0 bridgehead atoms. The van der Waals surface area contributed by atoms with Gasteiger partial charge in [0.15, 0.2) is 0 Å². The van der Waals surface area contributed by atoms with Crippen molar-refractivity contribution in [2.75, 3.05) is 32.7 Å². The van der Waals surface area contributed by atoms with Crippen LogP contribution in [0.4, 0.5) is 0 Å². The maximum atomic E-state index is 12.6. The van der Waals surface area contributed by atoms with E-state index >= 15 is 0 Å². The van der Waals surface area contributed by atoms with Gasteiger partial charge in [0.2, 0.25) is 5.91 Å². The number of amides is 1. The Morgan fingerprint density at radius 2 is 1.90 bits per heavy atom. The summed E-state index contributed by atoms with van der Waals surface area (Å²) in [6, 6.07) is 8.37. The molecule has 1 amide bonds. The summed E-state index contributed by atoms with van der Waals surface area (Å²) in [4.78, 5) is 17.0. The smallest absolute Gasteiger partial charge is 0.240 e. The molecule has 108 valence electrons. The van der Waals surface area contributed by atoms with Gasteiger partial charge in [-0.1, -0.05) is 31.2 Å². The topological polar surface area (TPSA) is 35.6 Å². The van der Waals surface area contributed by atoms with Crippen LogP contribution < -0.4 is 5.32 Å². The van der Waals surface area contributed by atoms with E-state index in [4.69, 9.17) is 0 Å². The third-order valence-electron chi connectivity index (χ3n) is 4.51. The number of nitrogens with zero attached hydrogens (tertiary/aromatic N) is 2. The molecule has 0 aliphatic carbocycles. The van der Waals surface area contributed by atoms with E-state index in [2.05, 4.69) is 41.4 Å². The van der Waals surface area contributed by atoms with E-state index < -0.39 is 0 Å². The maximum Gasteiger partial charge on any atom is 0.240 e. The van der Waals surface area contributed by atoms with E-state index in [1.165, 1.54) is 11.1 Å². The fourth-order valence-electron chi connectivity index (χ4n) is 3.13. The molecule has 1 aromatic rings. The summed E-state index contributed by atoms with van der Waals surface area (Å²) in [6.45, 7) is 7.81. The lowest BCUT2D eigenvalue weighted by molar-refractivity contribution is -0.135. The van der Waals surface area contributed by atoms with Crippen LogP contribution in [0.5, 0.6) is 0 Å². The van der Waals surface area contributed by atoms with E-state index in [0.717, 1.165) is 45.7 Å². The van der Waals surface area contributed by atoms with Crippen molar-refractivity contribution >= 4 is 5.91 Å². The number of fused-ring (bicyclic) bond motifs is 1. The normalized spacial score (nSPS) is 23.4. The van der Waals surface area contributed by atoms with E-state index in [1.807, 2.05) is 4.90 Å². The molecule has 2 aliphatic heterocycles. The highest BCUT2D eigenvalue weighted by molar-refractivity contribution is 5.82. The van der Waals surface area contributed by atoms with Crippen LogP contribution in [0.2, 0.25) is 0 Å². The SMILES string of the molecule is CCN1CCN(C(=O)[C@@H]2Cc3ccccc3CN2)CC1. The second-order valence-corrected chi connectivity index (χ2v) is 5.67. The molecule has 0 spiro atoms. The zero-order valence-electron chi connectivity index (χ0n) is 12.1. The Balaban J connectivity index is 1.62. The quantitative estimate of drug-likeness (QED) is 0.868. The van der Waals surface area contributed by atoms with E-state index in [0.29, 0.717) is 0 Å². The first-order valence-corrected chi connectivity index (χ1v) is 7.59. The van der Waals surface area contributed by atoms with E-state index in [1.54, 1.807) is 0 Å². The molecule has 1 N–H and O–H groups in total. The molecule has 0 aromatic heterocycles. The molecule has 0 radical (unpaired) electrons. The van der Waals surface area contributed by atoms with E-state index in [-0.39, 0.29) is 11.9 Å². The zero-order valence-corrected chi connectivity index (χ0v) is 12.1. The summed E-state index contributed by atoms with van der Waals surface area (Å²) in [6.07, 6.45) is 0.822. The van der Waals surface area contributed by atoms with Gasteiger partial charge in [0.05, 0.1) is 6.04 Å². The van der Waals surface area contributed by atoms with Gasteiger partial charge < -0.3 is 15.1 Å². The fourth-order valence-corrected chi connectivity index (χ4v) is 3.13. The minimum atomic E-state index is -0.0434. The highest BCUT2D eigenvalue weighted by Crippen LogP contribution is 2.17. The van der Waals surface area contributed by atoms with Gasteiger partial charge in [-0.05, 0) is 24.1 Å². The third kappa shape index (κ3) is 2.72. The highest BCUT2D eigenvalue weighted by atomic mass is 16.2. The van der Waals surface area contributed by atoms with E-state index in [9.17, 15) is 4.79 Å². The van der Waals surface area contributed by atoms with Crippen molar-refractivity contribution in [2.45, 2.75) is 25.9 Å². The van der Waals surface area contributed by atoms with Gasteiger partial charge in [0.25, 0.3) is 0 Å². The molecule has 2 aliphatic rings. The Morgan fingerprint density at radius 3 is 2.60 bits per heavy atom. The first-order valence-electron chi connectivity index (χ1n) is 7.59. The average Bonchev–Trinajstić information content (AvgIpc) is 2.54. The van der Waals surface area contributed by atoms with Crippen LogP contribution >= 0.6 is 0 Å². The van der Waals surface area contributed by atoms with Gasteiger partial charge >= 0.3 is 0 Å². The zero-order chi connectivity index (χ0) is 13.9. The summed E-state index contributed by atoms with van der Waals surface area (Å²) in [7, 11) is 0. The molecule has 1 atom stereocenters. The van der Waals surface area contributed by atoms with Crippen molar-refractivity contribution < 1.29 is 4.79 Å². The Hall–Kier alpha value is -1.39. The molecule has 2 heterocycles. The lowest BCUT2D eigenvalue weighted by Crippen LogP contribution is -2.55. The fraction of sp³-hybridized carbons (Fsp3) is 0.562. The molecule has 1 aromatic carbocycles. The standard InChI is InChI=1S/C16H23N3O/c1-2-18-7-9-19(10-8-18)16(20)15-11-13-5-3-4-6-14(13)12-17-15/h3-6,15,17H,2,7-12H2,1H3/t15-/m0/s1. The Bertz CT molecular complexity index is 480. The lowest BCUT2D eigenvalue weighted by Gasteiger charge is -2.37. The second-order valence-electron chi connectivity index (χ2n) is 5.67. The molecule has 1 saturated heterocycles. The third-order valence-corrected chi connectivity index (χ3v) is 4.51. The number of carbonyl (C=O) groups excluding carboxylic acids is 1. The van der Waals surface area contributed by atoms with Crippen molar-refractivity contribution in [1.82, 2.24) is 15.1 Å². The van der Waals surface area contributed by atoms with Crippen molar-refractivity contribution in [2.24, 2.45) is 0 Å². The Morgan fingerprint density at radius 1 is 1.20 bits per heavy atom. The Kier molecular flexibility index (Phi) is 4.03. The van der Waals surface area contributed by atoms with Gasteiger partial charge in [0.1, 0.15) is 0 Å². The second kappa shape index (κ2) is 5.94. The summed E-state index contributed by atoms with van der Waals surface area (Å²) < 4.78 is 0. The number of carbonyl (C=O) groups is 1. The van der Waals surface area contributed by atoms with Crippen LogP contribution in [-0.4, -0.2) is 54.5 Å². The number of hydrogen-bond acceptors (Lipinski definition) is 3. The van der Waals surface area contributed by atoms with Crippen LogP contribution in [0.1, 0.15) is 18.1 Å². The molecular weight excluding hydrogens is 250 g/mol. The summed E-state index contributed by atoms with van der Waals surface area (Å²) in [5.41, 5.74) is 2.64. The molecule has 0 unspecified atom stereocenters. The van der Waals surface area contributed by atoms with Crippen molar-refractivity contribution in [3.05, 3.63) is 35.4 Å². The van der Waals surface area contributed by atoms with Gasteiger partial charge in [0, 0.05) is 32.7 Å². The highest BCUT2D eigenvalue weighted by Gasteiger charge is 2.29. The minimum absolute atomic E-state index is 0.0434. The predicted molar refractivity (Wildman–Crippen MR) is 79.5 cm³/mol. The predicted octanol–water partition coefficient (Wildman–Crippen LogP) is 0.865. The number of likely N-dealkylation sites (N-methyl/N-ethyl adjacent to an activating group) is 1. The monoisotopic (exact) mass is 273 g/mol. The molecule has 4 heteroatoms. The number of rotatable bonds is 2. The molecule has 3 rings (SSSR count). The van der Waals surface area contributed by atoms with Gasteiger partial charge in [-0.25, -0.2) is 0 Å². The van der Waals surface area contributed by atoms with Crippen molar-refractivity contribution in [3.63, 3.8) is 0 Å². The first-order chi connectivity index (χ1) is 9.78. The van der Waals surface area contributed by atoms with Crippen LogP contribution in [0.3, 0.4) is 0 Å². The van der Waals surface area contributed by atoms with Crippen LogP contribution in [-0.2, 0) is 17.8 Å². The van der Waals surface area contributed by atoms with Gasteiger partial charge in [-0.2, -0.15) is 0 Å². The summed E-state index contributed by atoms with van der Waals surface area (Å²) in [5.74, 6) is 0.273. The summed E-state index contributed by atoms with van der Waals surface area (Å²) in [5, 5.41) is 3.39. The largest absolute Gasteiger partial charge is 0.339 e. The molecule has 20 heavy (non-hydrogen) atoms. The molecule has 1 fully saturated rings. The van der Waals surface area contributed by atoms with Gasteiger partial charge in [-0.3, -0.25) is 4.79 Å². The molecule has 4 nitrogen and oxygen atoms in total. The minimum Gasteiger partial charge on any atom is -0.339 e.